The molecule has 0 saturated carbocycles. The monoisotopic (exact) mass is 319 g/mol. The van der Waals surface area contributed by atoms with Gasteiger partial charge < -0.3 is 10.5 Å². The van der Waals surface area contributed by atoms with E-state index in [1.165, 1.54) is 6.21 Å². The van der Waals surface area contributed by atoms with Gasteiger partial charge in [-0.15, -0.1) is 0 Å². The Morgan fingerprint density at radius 3 is 2.82 bits per heavy atom. The van der Waals surface area contributed by atoms with Gasteiger partial charge in [0.15, 0.2) is 17.5 Å². The highest BCUT2D eigenvalue weighted by atomic mass is 32.1. The van der Waals surface area contributed by atoms with Crippen LogP contribution in [-0.2, 0) is 9.53 Å². The standard InChI is InChI=1S/C15H17N3O3S/c1-3-10-7-11(5-6-12(10)9-19)13(21-14(20)4-2)8-17-18-15(16)22/h3,5-9,13H,1,4H2,2H3,(H3,16,18,22). The molecule has 0 heterocycles. The van der Waals surface area contributed by atoms with Crippen molar-refractivity contribution in [2.24, 2.45) is 10.8 Å². The van der Waals surface area contributed by atoms with Gasteiger partial charge in [0, 0.05) is 12.0 Å². The van der Waals surface area contributed by atoms with Crippen molar-refractivity contribution in [2.45, 2.75) is 19.4 Å². The number of ether oxygens (including phenoxy) is 1. The van der Waals surface area contributed by atoms with Gasteiger partial charge in [0.2, 0.25) is 0 Å². The molecule has 0 saturated heterocycles. The first-order valence-corrected chi connectivity index (χ1v) is 6.92. The maximum Gasteiger partial charge on any atom is 0.306 e. The van der Waals surface area contributed by atoms with Crippen LogP contribution in [0.5, 0.6) is 0 Å². The third-order valence-electron chi connectivity index (χ3n) is 2.72. The van der Waals surface area contributed by atoms with Crippen LogP contribution in [0.3, 0.4) is 0 Å². The second-order valence-electron chi connectivity index (χ2n) is 4.23. The summed E-state index contributed by atoms with van der Waals surface area (Å²) in [6.07, 6.45) is 3.16. The predicted octanol–water partition coefficient (Wildman–Crippen LogP) is 1.96. The van der Waals surface area contributed by atoms with Crippen LogP contribution in [0.25, 0.3) is 6.08 Å². The fourth-order valence-corrected chi connectivity index (χ4v) is 1.69. The molecule has 0 fully saturated rings. The Hall–Kier alpha value is -2.54. The Balaban J connectivity index is 3.11. The minimum Gasteiger partial charge on any atom is -0.451 e. The number of carbonyl (C=O) groups excluding carboxylic acids is 2. The quantitative estimate of drug-likeness (QED) is 0.262. The first kappa shape index (κ1) is 17.5. The van der Waals surface area contributed by atoms with Gasteiger partial charge >= 0.3 is 5.97 Å². The number of rotatable bonds is 7. The van der Waals surface area contributed by atoms with E-state index in [1.54, 1.807) is 31.2 Å². The lowest BCUT2D eigenvalue weighted by Crippen LogP contribution is -2.25. The molecule has 6 nitrogen and oxygen atoms in total. The Labute approximate surface area is 134 Å². The van der Waals surface area contributed by atoms with Crippen molar-refractivity contribution < 1.29 is 14.3 Å². The molecule has 0 radical (unpaired) electrons. The van der Waals surface area contributed by atoms with E-state index in [0.717, 1.165) is 6.29 Å². The predicted molar refractivity (Wildman–Crippen MR) is 89.5 cm³/mol. The number of hydrazone groups is 1. The van der Waals surface area contributed by atoms with Crippen LogP contribution >= 0.6 is 12.2 Å². The van der Waals surface area contributed by atoms with Crippen LogP contribution in [0.15, 0.2) is 29.9 Å². The summed E-state index contributed by atoms with van der Waals surface area (Å²) in [6.45, 7) is 5.35. The van der Waals surface area contributed by atoms with Crippen molar-refractivity contribution in [3.05, 3.63) is 41.5 Å². The maximum absolute atomic E-state index is 11.5. The molecule has 0 aliphatic rings. The van der Waals surface area contributed by atoms with Crippen molar-refractivity contribution in [3.8, 4) is 0 Å². The lowest BCUT2D eigenvalue weighted by atomic mass is 10.0. The number of hydrogen-bond donors (Lipinski definition) is 2. The largest absolute Gasteiger partial charge is 0.451 e. The smallest absolute Gasteiger partial charge is 0.306 e. The van der Waals surface area contributed by atoms with Gasteiger partial charge in [-0.2, -0.15) is 5.10 Å². The summed E-state index contributed by atoms with van der Waals surface area (Å²) in [4.78, 5) is 22.5. The van der Waals surface area contributed by atoms with E-state index in [9.17, 15) is 9.59 Å². The van der Waals surface area contributed by atoms with Gasteiger partial charge in [-0.3, -0.25) is 15.0 Å². The van der Waals surface area contributed by atoms with E-state index in [2.05, 4.69) is 29.3 Å². The van der Waals surface area contributed by atoms with Gasteiger partial charge in [0.05, 0.1) is 6.21 Å². The molecule has 0 amide bonds. The average molecular weight is 319 g/mol. The lowest BCUT2D eigenvalue weighted by molar-refractivity contribution is -0.145. The molecule has 0 aromatic heterocycles. The highest BCUT2D eigenvalue weighted by molar-refractivity contribution is 7.80. The molecule has 7 heteroatoms. The van der Waals surface area contributed by atoms with E-state index >= 15 is 0 Å². The van der Waals surface area contributed by atoms with Gasteiger partial charge in [0.25, 0.3) is 0 Å². The third kappa shape index (κ3) is 5.10. The summed E-state index contributed by atoms with van der Waals surface area (Å²) >= 11 is 4.64. The molecule has 0 spiro atoms. The number of nitrogens with zero attached hydrogens (tertiary/aromatic N) is 1. The van der Waals surface area contributed by atoms with E-state index in [1.807, 2.05) is 0 Å². The molecule has 0 bridgehead atoms. The minimum atomic E-state index is -0.728. The van der Waals surface area contributed by atoms with E-state index in [4.69, 9.17) is 10.5 Å². The van der Waals surface area contributed by atoms with Crippen molar-refractivity contribution in [1.29, 1.82) is 0 Å². The first-order valence-electron chi connectivity index (χ1n) is 6.51. The molecular weight excluding hydrogens is 302 g/mol. The SMILES string of the molecule is C=Cc1cc(C(C=NNC(N)=S)OC(=O)CC)ccc1C=O. The summed E-state index contributed by atoms with van der Waals surface area (Å²) < 4.78 is 5.31. The fraction of sp³-hybridized carbons (Fsp3) is 0.200. The van der Waals surface area contributed by atoms with E-state index < -0.39 is 6.10 Å². The molecule has 116 valence electrons. The molecule has 1 aromatic carbocycles. The Morgan fingerprint density at radius 2 is 2.27 bits per heavy atom. The zero-order chi connectivity index (χ0) is 16.5. The molecule has 0 aliphatic carbocycles. The molecular formula is C15H17N3O3S. The van der Waals surface area contributed by atoms with Crippen LogP contribution in [-0.4, -0.2) is 23.6 Å². The molecule has 1 aromatic rings. The van der Waals surface area contributed by atoms with Crippen LogP contribution in [0.1, 0.15) is 40.9 Å². The number of aldehydes is 1. The minimum absolute atomic E-state index is 0.0000913. The summed E-state index contributed by atoms with van der Waals surface area (Å²) in [5, 5.41) is 3.82. The number of nitrogens with one attached hydrogen (secondary N) is 1. The molecule has 22 heavy (non-hydrogen) atoms. The van der Waals surface area contributed by atoms with Crippen molar-refractivity contribution in [3.63, 3.8) is 0 Å². The van der Waals surface area contributed by atoms with Crippen LogP contribution in [0.2, 0.25) is 0 Å². The fourth-order valence-electron chi connectivity index (χ4n) is 1.63. The molecule has 1 atom stereocenters. The second-order valence-corrected chi connectivity index (χ2v) is 4.67. The highest BCUT2D eigenvalue weighted by Gasteiger charge is 2.15. The summed E-state index contributed by atoms with van der Waals surface area (Å²) in [6, 6.07) is 5.01. The lowest BCUT2D eigenvalue weighted by Gasteiger charge is -2.15. The second kappa shape index (κ2) is 8.68. The van der Waals surface area contributed by atoms with E-state index in [-0.39, 0.29) is 17.5 Å². The number of nitrogens with two attached hydrogens (primary N) is 1. The number of carbonyl (C=O) groups is 2. The average Bonchev–Trinajstić information content (AvgIpc) is 2.52. The van der Waals surface area contributed by atoms with Crippen molar-refractivity contribution in [2.75, 3.05) is 0 Å². The van der Waals surface area contributed by atoms with Gasteiger partial charge in [-0.1, -0.05) is 31.7 Å². The summed E-state index contributed by atoms with van der Waals surface area (Å²) in [5.41, 5.74) is 9.46. The normalized spacial score (nSPS) is 11.7. The summed E-state index contributed by atoms with van der Waals surface area (Å²) in [5.74, 6) is -0.383. The summed E-state index contributed by atoms with van der Waals surface area (Å²) in [7, 11) is 0. The molecule has 1 unspecified atom stereocenters. The van der Waals surface area contributed by atoms with Gasteiger partial charge in [-0.05, 0) is 29.4 Å². The topological polar surface area (TPSA) is 93.8 Å². The highest BCUT2D eigenvalue weighted by Crippen LogP contribution is 2.20. The Morgan fingerprint density at radius 1 is 1.55 bits per heavy atom. The zero-order valence-corrected chi connectivity index (χ0v) is 12.9. The van der Waals surface area contributed by atoms with Crippen LogP contribution < -0.4 is 11.2 Å². The number of esters is 1. The van der Waals surface area contributed by atoms with Gasteiger partial charge in [0.1, 0.15) is 0 Å². The number of hydrogen-bond acceptors (Lipinski definition) is 5. The Kier molecular flexibility index (Phi) is 6.91. The van der Waals surface area contributed by atoms with E-state index in [0.29, 0.717) is 16.7 Å². The number of thiocarbonyl (C=S) groups is 1. The Bertz CT molecular complexity index is 614. The van der Waals surface area contributed by atoms with Crippen LogP contribution in [0.4, 0.5) is 0 Å². The molecule has 0 aliphatic heterocycles. The first-order chi connectivity index (χ1) is 10.5. The zero-order valence-electron chi connectivity index (χ0n) is 12.1. The molecule has 3 N–H and O–H groups in total. The molecule has 1 rings (SSSR count). The van der Waals surface area contributed by atoms with Crippen LogP contribution in [0, 0.1) is 0 Å². The number of benzene rings is 1. The van der Waals surface area contributed by atoms with Crippen molar-refractivity contribution in [1.82, 2.24) is 5.43 Å². The third-order valence-corrected chi connectivity index (χ3v) is 2.81. The van der Waals surface area contributed by atoms with Gasteiger partial charge in [-0.25, -0.2) is 0 Å². The van der Waals surface area contributed by atoms with Crippen molar-refractivity contribution >= 4 is 41.9 Å². The maximum atomic E-state index is 11.5.